The highest BCUT2D eigenvalue weighted by atomic mass is 19.4. The Balaban J connectivity index is 2.24. The molecule has 154 valence electrons. The predicted molar refractivity (Wildman–Crippen MR) is 95.8 cm³/mol. The first-order valence-corrected chi connectivity index (χ1v) is 8.88. The Morgan fingerprint density at radius 3 is 2.46 bits per heavy atom. The van der Waals surface area contributed by atoms with Gasteiger partial charge in [-0.2, -0.15) is 23.4 Å². The van der Waals surface area contributed by atoms with Gasteiger partial charge in [0.1, 0.15) is 6.04 Å². The van der Waals surface area contributed by atoms with Gasteiger partial charge >= 0.3 is 6.18 Å². The molecule has 0 bridgehead atoms. The van der Waals surface area contributed by atoms with E-state index in [-0.39, 0.29) is 17.1 Å². The first-order valence-electron chi connectivity index (χ1n) is 8.88. The number of amides is 2. The molecule has 0 aromatic carbocycles. The molecule has 28 heavy (non-hydrogen) atoms. The van der Waals surface area contributed by atoms with Crippen LogP contribution in [0.5, 0.6) is 0 Å². The molecule has 2 N–H and O–H groups in total. The molecule has 0 spiro atoms. The molecule has 8 nitrogen and oxygen atoms in total. The quantitative estimate of drug-likeness (QED) is 0.747. The number of carbonyl (C=O) groups excluding carboxylic acids is 2. The van der Waals surface area contributed by atoms with Crippen LogP contribution in [-0.4, -0.2) is 37.9 Å². The van der Waals surface area contributed by atoms with Crippen molar-refractivity contribution in [3.8, 4) is 0 Å². The highest BCUT2D eigenvalue weighted by molar-refractivity contribution is 6.03. The molecule has 2 amide bonds. The highest BCUT2D eigenvalue weighted by Gasteiger charge is 2.35. The zero-order valence-electron chi connectivity index (χ0n) is 16.1. The summed E-state index contributed by atoms with van der Waals surface area (Å²) in [7, 11) is 0. The van der Waals surface area contributed by atoms with E-state index in [4.69, 9.17) is 0 Å². The molecule has 0 saturated carbocycles. The molecule has 2 rings (SSSR count). The third-order valence-corrected chi connectivity index (χ3v) is 4.05. The van der Waals surface area contributed by atoms with E-state index in [1.54, 1.807) is 0 Å². The van der Waals surface area contributed by atoms with Gasteiger partial charge in [-0.15, -0.1) is 0 Å². The van der Waals surface area contributed by atoms with Crippen LogP contribution >= 0.6 is 0 Å². The molecule has 0 saturated heterocycles. The van der Waals surface area contributed by atoms with Gasteiger partial charge in [0.05, 0.1) is 5.69 Å². The van der Waals surface area contributed by atoms with Crippen LogP contribution in [0.15, 0.2) is 12.3 Å². The number of nitrogens with one attached hydrogen (secondary N) is 2. The topological polar surface area (TPSA) is 93.8 Å². The van der Waals surface area contributed by atoms with Crippen molar-refractivity contribution in [3.05, 3.63) is 29.3 Å². The first-order chi connectivity index (χ1) is 13.1. The number of halogens is 3. The van der Waals surface area contributed by atoms with Crippen molar-refractivity contribution in [2.24, 2.45) is 0 Å². The molecule has 0 aliphatic carbocycles. The molecule has 0 aliphatic heterocycles. The summed E-state index contributed by atoms with van der Waals surface area (Å²) in [6.07, 6.45) is -2.36. The number of aromatic nitrogens is 4. The Kier molecular flexibility index (Phi) is 6.47. The summed E-state index contributed by atoms with van der Waals surface area (Å²) in [5.74, 6) is -1.05. The van der Waals surface area contributed by atoms with Crippen LogP contribution in [0.1, 0.15) is 55.1 Å². The minimum Gasteiger partial charge on any atom is -0.351 e. The van der Waals surface area contributed by atoms with Crippen LogP contribution in [0.2, 0.25) is 0 Å². The minimum atomic E-state index is -4.60. The maximum absolute atomic E-state index is 12.8. The molecular formula is C17H23F3N6O2. The first kappa shape index (κ1) is 21.5. The lowest BCUT2D eigenvalue weighted by molar-refractivity contribution is -0.141. The summed E-state index contributed by atoms with van der Waals surface area (Å²) in [4.78, 5) is 24.9. The smallest absolute Gasteiger partial charge is 0.351 e. The zero-order valence-corrected chi connectivity index (χ0v) is 16.1. The Hall–Kier alpha value is -2.85. The number of anilines is 1. The van der Waals surface area contributed by atoms with Gasteiger partial charge in [-0.1, -0.05) is 6.92 Å². The summed E-state index contributed by atoms with van der Waals surface area (Å²) in [5, 5.41) is 12.9. The van der Waals surface area contributed by atoms with Crippen molar-refractivity contribution in [2.75, 3.05) is 11.9 Å². The number of hydrogen-bond donors (Lipinski definition) is 2. The monoisotopic (exact) mass is 400 g/mol. The summed E-state index contributed by atoms with van der Waals surface area (Å²) < 4.78 is 41.0. The van der Waals surface area contributed by atoms with Crippen molar-refractivity contribution >= 4 is 17.5 Å². The van der Waals surface area contributed by atoms with Crippen LogP contribution in [0.25, 0.3) is 0 Å². The van der Waals surface area contributed by atoms with Gasteiger partial charge in [0.15, 0.2) is 11.4 Å². The van der Waals surface area contributed by atoms with Crippen molar-refractivity contribution in [1.82, 2.24) is 24.9 Å². The molecule has 0 aliphatic rings. The highest BCUT2D eigenvalue weighted by Crippen LogP contribution is 2.29. The van der Waals surface area contributed by atoms with E-state index in [0.29, 0.717) is 13.1 Å². The number of carbonyl (C=O) groups is 2. The van der Waals surface area contributed by atoms with Crippen molar-refractivity contribution in [1.29, 1.82) is 0 Å². The summed E-state index contributed by atoms with van der Waals surface area (Å²) >= 11 is 0. The minimum absolute atomic E-state index is 0.0454. The summed E-state index contributed by atoms with van der Waals surface area (Å²) in [5.41, 5.74) is -0.639. The fourth-order valence-corrected chi connectivity index (χ4v) is 2.53. The fraction of sp³-hybridized carbons (Fsp3) is 0.529. The maximum Gasteiger partial charge on any atom is 0.435 e. The molecule has 2 aromatic heterocycles. The third kappa shape index (κ3) is 4.70. The van der Waals surface area contributed by atoms with Gasteiger partial charge in [0, 0.05) is 25.0 Å². The van der Waals surface area contributed by atoms with Gasteiger partial charge in [0.2, 0.25) is 5.91 Å². The second-order valence-corrected chi connectivity index (χ2v) is 6.28. The number of alkyl halides is 3. The van der Waals surface area contributed by atoms with E-state index >= 15 is 0 Å². The second-order valence-electron chi connectivity index (χ2n) is 6.28. The number of nitrogens with zero attached hydrogens (tertiary/aromatic N) is 4. The van der Waals surface area contributed by atoms with E-state index in [0.717, 1.165) is 17.2 Å². The number of aryl methyl sites for hydroxylation is 2. The average Bonchev–Trinajstić information content (AvgIpc) is 3.22. The molecule has 2 heterocycles. The summed E-state index contributed by atoms with van der Waals surface area (Å²) in [6.45, 7) is 7.51. The van der Waals surface area contributed by atoms with Crippen LogP contribution in [0.4, 0.5) is 18.9 Å². The lowest BCUT2D eigenvalue weighted by Gasteiger charge is -2.14. The van der Waals surface area contributed by atoms with Crippen LogP contribution in [0, 0.1) is 6.92 Å². The fourth-order valence-electron chi connectivity index (χ4n) is 2.53. The Morgan fingerprint density at radius 2 is 1.93 bits per heavy atom. The number of rotatable bonds is 7. The van der Waals surface area contributed by atoms with Gasteiger partial charge in [-0.25, -0.2) is 0 Å². The lowest BCUT2D eigenvalue weighted by Crippen LogP contribution is -2.28. The summed E-state index contributed by atoms with van der Waals surface area (Å²) in [6, 6.07) is -0.143. The second kappa shape index (κ2) is 8.44. The predicted octanol–water partition coefficient (Wildman–Crippen LogP) is 2.77. The molecule has 1 unspecified atom stereocenters. The molecule has 2 aromatic rings. The Morgan fingerprint density at radius 1 is 1.25 bits per heavy atom. The van der Waals surface area contributed by atoms with E-state index in [9.17, 15) is 22.8 Å². The molecule has 1 atom stereocenters. The van der Waals surface area contributed by atoms with Gasteiger partial charge in [-0.05, 0) is 33.3 Å². The largest absolute Gasteiger partial charge is 0.435 e. The lowest BCUT2D eigenvalue weighted by atomic mass is 10.2. The molecular weight excluding hydrogens is 377 g/mol. The Labute approximate surface area is 160 Å². The van der Waals surface area contributed by atoms with Gasteiger partial charge in [0.25, 0.3) is 5.91 Å². The van der Waals surface area contributed by atoms with E-state index < -0.39 is 29.7 Å². The van der Waals surface area contributed by atoms with Crippen LogP contribution in [-0.2, 0) is 17.5 Å². The standard InChI is InChI=1S/C17H23F3N6O2/c1-5-7-21-16(28)14-12(9-25(6-2)24-14)22-15(27)11(4)26-10(3)8-13(23-26)17(18,19)20/h8-9,11H,5-7H2,1-4H3,(H,21,28)(H,22,27). The zero-order chi connectivity index (χ0) is 21.1. The van der Waals surface area contributed by atoms with E-state index in [1.165, 1.54) is 24.7 Å². The number of hydrogen-bond acceptors (Lipinski definition) is 4. The van der Waals surface area contributed by atoms with E-state index in [2.05, 4.69) is 20.8 Å². The molecule has 11 heteroatoms. The SMILES string of the molecule is CCCNC(=O)c1nn(CC)cc1NC(=O)C(C)n1nc(C(F)(F)F)cc1C. The molecule has 0 radical (unpaired) electrons. The Bertz CT molecular complexity index is 856. The normalized spacial score (nSPS) is 12.7. The van der Waals surface area contributed by atoms with Crippen molar-refractivity contribution < 1.29 is 22.8 Å². The van der Waals surface area contributed by atoms with Crippen molar-refractivity contribution in [2.45, 2.75) is 52.9 Å². The van der Waals surface area contributed by atoms with Crippen LogP contribution in [0.3, 0.4) is 0 Å². The third-order valence-electron chi connectivity index (χ3n) is 4.05. The van der Waals surface area contributed by atoms with Gasteiger partial charge < -0.3 is 10.6 Å². The average molecular weight is 400 g/mol. The van der Waals surface area contributed by atoms with E-state index in [1.807, 2.05) is 13.8 Å². The van der Waals surface area contributed by atoms with Crippen molar-refractivity contribution in [3.63, 3.8) is 0 Å². The molecule has 0 fully saturated rings. The van der Waals surface area contributed by atoms with Gasteiger partial charge in [-0.3, -0.25) is 19.0 Å². The van der Waals surface area contributed by atoms with Crippen LogP contribution < -0.4 is 10.6 Å². The maximum atomic E-state index is 12.8.